The maximum absolute atomic E-state index is 13.0. The number of hydrogen-bond donors (Lipinski definition) is 1. The lowest BCUT2D eigenvalue weighted by Crippen LogP contribution is -2.29. The van der Waals surface area contributed by atoms with Crippen molar-refractivity contribution in [3.8, 4) is 0 Å². The van der Waals surface area contributed by atoms with E-state index in [1.807, 2.05) is 72.8 Å². The zero-order valence-electron chi connectivity index (χ0n) is 15.7. The van der Waals surface area contributed by atoms with Gasteiger partial charge in [-0.3, -0.25) is 0 Å². The molecule has 3 aromatic rings. The molecule has 0 radical (unpaired) electrons. The van der Waals surface area contributed by atoms with Crippen LogP contribution in [0.1, 0.15) is 48.9 Å². The lowest BCUT2D eigenvalue weighted by molar-refractivity contribution is 0.572. The van der Waals surface area contributed by atoms with Crippen LogP contribution >= 0.6 is 0 Å². The molecule has 1 atom stereocenters. The number of nitrogens with one attached hydrogen (secondary N) is 1. The number of benzene rings is 3. The fourth-order valence-corrected chi connectivity index (χ4v) is 4.27. The Kier molecular flexibility index (Phi) is 6.09. The fraction of sp³-hybridized carbons (Fsp3) is 0.217. The van der Waals surface area contributed by atoms with Gasteiger partial charge in [0.15, 0.2) is 0 Å². The summed E-state index contributed by atoms with van der Waals surface area (Å²) in [5.74, 6) is 0.413. The molecule has 0 aliphatic carbocycles. The Morgan fingerprint density at radius 3 is 1.67 bits per heavy atom. The molecule has 0 amide bonds. The third-order valence-electron chi connectivity index (χ3n) is 4.91. The monoisotopic (exact) mass is 379 g/mol. The first kappa shape index (κ1) is 19.3. The van der Waals surface area contributed by atoms with Crippen LogP contribution in [-0.4, -0.2) is 8.42 Å². The second-order valence-electron chi connectivity index (χ2n) is 6.75. The molecule has 0 bridgehead atoms. The summed E-state index contributed by atoms with van der Waals surface area (Å²) in [6.07, 6.45) is 1.02. The van der Waals surface area contributed by atoms with E-state index in [1.165, 1.54) is 0 Å². The van der Waals surface area contributed by atoms with Crippen LogP contribution < -0.4 is 4.72 Å². The minimum Gasteiger partial charge on any atom is -0.207 e. The van der Waals surface area contributed by atoms with E-state index >= 15 is 0 Å². The summed E-state index contributed by atoms with van der Waals surface area (Å²) in [5.41, 5.74) is 2.96. The van der Waals surface area contributed by atoms with Crippen LogP contribution in [0.5, 0.6) is 0 Å². The Hall–Kier alpha value is -2.43. The molecule has 1 unspecified atom stereocenters. The van der Waals surface area contributed by atoms with Gasteiger partial charge in [-0.25, -0.2) is 8.42 Å². The summed E-state index contributed by atoms with van der Waals surface area (Å²) in [7, 11) is -3.65. The van der Waals surface area contributed by atoms with Gasteiger partial charge < -0.3 is 0 Å². The highest BCUT2D eigenvalue weighted by Gasteiger charge is 2.23. The molecule has 0 heterocycles. The summed E-state index contributed by atoms with van der Waals surface area (Å²) in [5, 5.41) is 0. The van der Waals surface area contributed by atoms with Crippen LogP contribution in [-0.2, 0) is 10.0 Å². The van der Waals surface area contributed by atoms with Crippen molar-refractivity contribution in [3.05, 3.63) is 102 Å². The number of sulfonamides is 1. The van der Waals surface area contributed by atoms with E-state index in [4.69, 9.17) is 0 Å². The van der Waals surface area contributed by atoms with Gasteiger partial charge in [-0.05, 0) is 41.2 Å². The molecular weight excluding hydrogens is 354 g/mol. The lowest BCUT2D eigenvalue weighted by Gasteiger charge is -2.20. The summed E-state index contributed by atoms with van der Waals surface area (Å²) >= 11 is 0. The molecule has 0 saturated heterocycles. The summed E-state index contributed by atoms with van der Waals surface area (Å²) < 4.78 is 28.9. The Bertz CT molecular complexity index is 913. The van der Waals surface area contributed by atoms with Gasteiger partial charge in [-0.15, -0.1) is 0 Å². The molecule has 0 saturated carbocycles. The smallest absolute Gasteiger partial charge is 0.207 e. The van der Waals surface area contributed by atoms with Gasteiger partial charge in [0, 0.05) is 0 Å². The summed E-state index contributed by atoms with van der Waals surface area (Å²) in [4.78, 5) is 0.284. The summed E-state index contributed by atoms with van der Waals surface area (Å²) in [6, 6.07) is 26.0. The third-order valence-corrected chi connectivity index (χ3v) is 6.35. The standard InChI is InChI=1S/C23H25NO2S/c1-3-18(2)19-14-16-22(17-15-19)27(25,26)24-23(20-10-6-4-7-11-20)21-12-8-5-9-13-21/h4-18,23-24H,3H2,1-2H3. The van der Waals surface area contributed by atoms with Crippen LogP contribution in [0.2, 0.25) is 0 Å². The van der Waals surface area contributed by atoms with Gasteiger partial charge in [0.2, 0.25) is 10.0 Å². The second-order valence-corrected chi connectivity index (χ2v) is 8.47. The first-order valence-corrected chi connectivity index (χ1v) is 10.7. The molecule has 4 heteroatoms. The van der Waals surface area contributed by atoms with Gasteiger partial charge >= 0.3 is 0 Å². The molecule has 0 spiro atoms. The molecule has 1 N–H and O–H groups in total. The summed E-state index contributed by atoms with van der Waals surface area (Å²) in [6.45, 7) is 4.27. The van der Waals surface area contributed by atoms with Crippen LogP contribution in [0.25, 0.3) is 0 Å². The first-order chi connectivity index (χ1) is 13.0. The van der Waals surface area contributed by atoms with E-state index in [0.29, 0.717) is 5.92 Å². The van der Waals surface area contributed by atoms with Gasteiger partial charge in [0.05, 0.1) is 10.9 Å². The van der Waals surface area contributed by atoms with E-state index in [9.17, 15) is 8.42 Å². The molecular formula is C23H25NO2S. The Morgan fingerprint density at radius 2 is 1.22 bits per heavy atom. The minimum absolute atomic E-state index is 0.284. The highest BCUT2D eigenvalue weighted by Crippen LogP contribution is 2.25. The molecule has 27 heavy (non-hydrogen) atoms. The van der Waals surface area contributed by atoms with Crippen LogP contribution in [0, 0.1) is 0 Å². The Balaban J connectivity index is 1.93. The molecule has 3 nitrogen and oxygen atoms in total. The van der Waals surface area contributed by atoms with Crippen molar-refractivity contribution in [3.63, 3.8) is 0 Å². The first-order valence-electron chi connectivity index (χ1n) is 9.23. The zero-order valence-corrected chi connectivity index (χ0v) is 16.5. The molecule has 0 aliphatic heterocycles. The van der Waals surface area contributed by atoms with Crippen molar-refractivity contribution in [1.29, 1.82) is 0 Å². The molecule has 3 rings (SSSR count). The van der Waals surface area contributed by atoms with Gasteiger partial charge in [0.25, 0.3) is 0 Å². The molecule has 0 aromatic heterocycles. The second kappa shape index (κ2) is 8.51. The molecule has 140 valence electrons. The predicted molar refractivity (Wildman–Crippen MR) is 110 cm³/mol. The highest BCUT2D eigenvalue weighted by atomic mass is 32.2. The number of hydrogen-bond acceptors (Lipinski definition) is 2. The van der Waals surface area contributed by atoms with E-state index in [2.05, 4.69) is 18.6 Å². The quantitative estimate of drug-likeness (QED) is 0.608. The zero-order chi connectivity index (χ0) is 19.3. The predicted octanol–water partition coefficient (Wildman–Crippen LogP) is 5.27. The average Bonchev–Trinajstić information content (AvgIpc) is 2.73. The number of rotatable bonds is 7. The van der Waals surface area contributed by atoms with Crippen molar-refractivity contribution in [2.45, 2.75) is 37.1 Å². The van der Waals surface area contributed by atoms with Crippen molar-refractivity contribution in [2.75, 3.05) is 0 Å². The fourth-order valence-electron chi connectivity index (χ4n) is 3.05. The Morgan fingerprint density at radius 1 is 0.741 bits per heavy atom. The van der Waals surface area contributed by atoms with Crippen molar-refractivity contribution in [2.24, 2.45) is 0 Å². The third kappa shape index (κ3) is 4.65. The van der Waals surface area contributed by atoms with Crippen LogP contribution in [0.4, 0.5) is 0 Å². The SMILES string of the molecule is CCC(C)c1ccc(S(=O)(=O)NC(c2ccccc2)c2ccccc2)cc1. The van der Waals surface area contributed by atoms with E-state index in [-0.39, 0.29) is 4.90 Å². The van der Waals surface area contributed by atoms with E-state index in [0.717, 1.165) is 23.1 Å². The molecule has 0 fully saturated rings. The maximum atomic E-state index is 13.0. The van der Waals surface area contributed by atoms with Crippen molar-refractivity contribution < 1.29 is 8.42 Å². The topological polar surface area (TPSA) is 46.2 Å². The largest absolute Gasteiger partial charge is 0.241 e. The van der Waals surface area contributed by atoms with Gasteiger partial charge in [-0.1, -0.05) is 86.6 Å². The van der Waals surface area contributed by atoms with E-state index < -0.39 is 16.1 Å². The Labute approximate surface area is 162 Å². The van der Waals surface area contributed by atoms with Gasteiger partial charge in [0.1, 0.15) is 0 Å². The van der Waals surface area contributed by atoms with E-state index in [1.54, 1.807) is 12.1 Å². The van der Waals surface area contributed by atoms with Gasteiger partial charge in [-0.2, -0.15) is 4.72 Å². The maximum Gasteiger partial charge on any atom is 0.241 e. The minimum atomic E-state index is -3.65. The lowest BCUT2D eigenvalue weighted by atomic mass is 9.99. The van der Waals surface area contributed by atoms with Crippen molar-refractivity contribution >= 4 is 10.0 Å². The highest BCUT2D eigenvalue weighted by molar-refractivity contribution is 7.89. The van der Waals surface area contributed by atoms with Crippen LogP contribution in [0.3, 0.4) is 0 Å². The normalized spacial score (nSPS) is 12.9. The average molecular weight is 380 g/mol. The van der Waals surface area contributed by atoms with Crippen LogP contribution in [0.15, 0.2) is 89.8 Å². The van der Waals surface area contributed by atoms with Crippen molar-refractivity contribution in [1.82, 2.24) is 4.72 Å². The molecule has 0 aliphatic rings. The molecule has 3 aromatic carbocycles.